The van der Waals surface area contributed by atoms with Gasteiger partial charge in [0, 0.05) is 32.0 Å². The van der Waals surface area contributed by atoms with E-state index in [0.29, 0.717) is 5.92 Å². The van der Waals surface area contributed by atoms with Crippen molar-refractivity contribution < 1.29 is 5.21 Å². The van der Waals surface area contributed by atoms with Gasteiger partial charge in [0.1, 0.15) is 0 Å². The van der Waals surface area contributed by atoms with Gasteiger partial charge < -0.3 is 10.1 Å². The van der Waals surface area contributed by atoms with Gasteiger partial charge in [-0.05, 0) is 76.0 Å². The van der Waals surface area contributed by atoms with Crippen LogP contribution in [0.25, 0.3) is 5.57 Å². The first-order valence-electron chi connectivity index (χ1n) is 10.6. The molecule has 150 valence electrons. The molecular formula is C23H30N2OS2. The van der Waals surface area contributed by atoms with Crippen molar-refractivity contribution >= 4 is 34.0 Å². The van der Waals surface area contributed by atoms with Crippen LogP contribution in [0.1, 0.15) is 62.5 Å². The summed E-state index contributed by atoms with van der Waals surface area (Å²) in [6, 6.07) is 4.51. The van der Waals surface area contributed by atoms with Crippen LogP contribution in [-0.4, -0.2) is 35.5 Å². The third-order valence-electron chi connectivity index (χ3n) is 6.32. The Hall–Kier alpha value is -1.43. The summed E-state index contributed by atoms with van der Waals surface area (Å²) in [5.74, 6) is 0.516. The molecule has 28 heavy (non-hydrogen) atoms. The summed E-state index contributed by atoms with van der Waals surface area (Å²) in [5.41, 5.74) is 6.84. The Balaban J connectivity index is 1.37. The van der Waals surface area contributed by atoms with Gasteiger partial charge in [0.15, 0.2) is 0 Å². The van der Waals surface area contributed by atoms with Gasteiger partial charge in [0.2, 0.25) is 0 Å². The van der Waals surface area contributed by atoms with Crippen LogP contribution in [-0.2, 0) is 0 Å². The molecule has 0 unspecified atom stereocenters. The molecule has 0 amide bonds. The summed E-state index contributed by atoms with van der Waals surface area (Å²) < 4.78 is 0. The molecule has 2 aromatic rings. The SMILES string of the molecule is O/N=C(\CCN1CCC(=C(c2ccsc2)c2ccsc2)CC1)C1CCCCC1. The van der Waals surface area contributed by atoms with E-state index in [1.54, 1.807) is 28.2 Å². The molecule has 2 aromatic heterocycles. The lowest BCUT2D eigenvalue weighted by molar-refractivity contribution is 0.258. The lowest BCUT2D eigenvalue weighted by atomic mass is 9.84. The summed E-state index contributed by atoms with van der Waals surface area (Å²) >= 11 is 3.56. The van der Waals surface area contributed by atoms with Crippen LogP contribution < -0.4 is 0 Å². The molecule has 3 heterocycles. The fourth-order valence-corrected chi connectivity index (χ4v) is 6.02. The first-order chi connectivity index (χ1) is 13.8. The Morgan fingerprint density at radius 1 is 1.00 bits per heavy atom. The number of oxime groups is 1. The van der Waals surface area contributed by atoms with E-state index in [4.69, 9.17) is 0 Å². The Bertz CT molecular complexity index is 740. The summed E-state index contributed by atoms with van der Waals surface area (Å²) in [4.78, 5) is 2.55. The van der Waals surface area contributed by atoms with Crippen LogP contribution in [0.15, 0.2) is 44.4 Å². The Kier molecular flexibility index (Phi) is 7.00. The molecule has 0 atom stereocenters. The van der Waals surface area contributed by atoms with Crippen molar-refractivity contribution in [3.05, 3.63) is 50.4 Å². The molecule has 1 saturated heterocycles. The predicted molar refractivity (Wildman–Crippen MR) is 121 cm³/mol. The summed E-state index contributed by atoms with van der Waals surface area (Å²) in [6.45, 7) is 3.24. The molecule has 5 heteroatoms. The van der Waals surface area contributed by atoms with Gasteiger partial charge in [-0.15, -0.1) is 0 Å². The smallest absolute Gasteiger partial charge is 0.0614 e. The van der Waals surface area contributed by atoms with Crippen LogP contribution in [0.4, 0.5) is 0 Å². The molecule has 2 aliphatic rings. The standard InChI is InChI=1S/C23H30N2OS2/c26-24-22(18-4-2-1-3-5-18)8-13-25-11-6-19(7-12-25)23(20-9-14-27-16-20)21-10-15-28-17-21/h9-10,14-18,26H,1-8,11-13H2/b24-22+. The molecule has 2 fully saturated rings. The van der Waals surface area contributed by atoms with Gasteiger partial charge >= 0.3 is 0 Å². The minimum Gasteiger partial charge on any atom is -0.411 e. The van der Waals surface area contributed by atoms with E-state index < -0.39 is 0 Å². The normalized spacial score (nSPS) is 19.9. The predicted octanol–water partition coefficient (Wildman–Crippen LogP) is 6.51. The minimum absolute atomic E-state index is 0.516. The minimum atomic E-state index is 0.516. The number of hydrogen-bond acceptors (Lipinski definition) is 5. The third kappa shape index (κ3) is 4.76. The lowest BCUT2D eigenvalue weighted by Crippen LogP contribution is -2.34. The zero-order chi connectivity index (χ0) is 19.2. The van der Waals surface area contributed by atoms with Crippen molar-refractivity contribution in [3.8, 4) is 0 Å². The highest BCUT2D eigenvalue weighted by Crippen LogP contribution is 2.34. The average molecular weight is 415 g/mol. The zero-order valence-corrected chi connectivity index (χ0v) is 18.1. The van der Waals surface area contributed by atoms with Crippen molar-refractivity contribution in [2.75, 3.05) is 19.6 Å². The Morgan fingerprint density at radius 2 is 1.64 bits per heavy atom. The maximum absolute atomic E-state index is 9.50. The Labute approximate surface area is 176 Å². The van der Waals surface area contributed by atoms with Crippen LogP contribution in [0.5, 0.6) is 0 Å². The van der Waals surface area contributed by atoms with Crippen molar-refractivity contribution in [3.63, 3.8) is 0 Å². The number of nitrogens with zero attached hydrogens (tertiary/aromatic N) is 2. The van der Waals surface area contributed by atoms with E-state index in [1.807, 2.05) is 0 Å². The van der Waals surface area contributed by atoms with E-state index in [2.05, 4.69) is 43.7 Å². The average Bonchev–Trinajstić information content (AvgIpc) is 3.46. The molecule has 0 bridgehead atoms. The van der Waals surface area contributed by atoms with Crippen LogP contribution in [0.2, 0.25) is 0 Å². The molecule has 0 aromatic carbocycles. The first-order valence-corrected chi connectivity index (χ1v) is 12.4. The molecule has 1 aliphatic carbocycles. The molecule has 3 nitrogen and oxygen atoms in total. The molecule has 0 radical (unpaired) electrons. The first kappa shape index (κ1) is 19.9. The molecule has 0 spiro atoms. The molecule has 1 N–H and O–H groups in total. The number of likely N-dealkylation sites (tertiary alicyclic amines) is 1. The third-order valence-corrected chi connectivity index (χ3v) is 7.69. The number of rotatable bonds is 6. The van der Waals surface area contributed by atoms with Crippen molar-refractivity contribution in [1.82, 2.24) is 4.90 Å². The van der Waals surface area contributed by atoms with Gasteiger partial charge in [-0.2, -0.15) is 22.7 Å². The van der Waals surface area contributed by atoms with Crippen molar-refractivity contribution in [2.24, 2.45) is 11.1 Å². The second kappa shape index (κ2) is 9.86. The largest absolute Gasteiger partial charge is 0.411 e. The monoisotopic (exact) mass is 414 g/mol. The van der Waals surface area contributed by atoms with E-state index in [0.717, 1.165) is 44.6 Å². The highest BCUT2D eigenvalue weighted by Gasteiger charge is 2.23. The maximum atomic E-state index is 9.50. The van der Waals surface area contributed by atoms with E-state index >= 15 is 0 Å². The summed E-state index contributed by atoms with van der Waals surface area (Å²) in [7, 11) is 0. The van der Waals surface area contributed by atoms with E-state index in [-0.39, 0.29) is 0 Å². The lowest BCUT2D eigenvalue weighted by Gasteiger charge is -2.31. The van der Waals surface area contributed by atoms with Gasteiger partial charge in [-0.3, -0.25) is 0 Å². The zero-order valence-electron chi connectivity index (χ0n) is 16.5. The van der Waals surface area contributed by atoms with Gasteiger partial charge in [-0.1, -0.05) is 30.0 Å². The Morgan fingerprint density at radius 3 is 2.18 bits per heavy atom. The van der Waals surface area contributed by atoms with Crippen molar-refractivity contribution in [2.45, 2.75) is 51.4 Å². The van der Waals surface area contributed by atoms with Crippen LogP contribution in [0.3, 0.4) is 0 Å². The molecule has 4 rings (SSSR count). The maximum Gasteiger partial charge on any atom is 0.0614 e. The second-order valence-electron chi connectivity index (χ2n) is 8.02. The molecular weight excluding hydrogens is 384 g/mol. The fourth-order valence-electron chi connectivity index (χ4n) is 4.73. The fraction of sp³-hybridized carbons (Fsp3) is 0.522. The van der Waals surface area contributed by atoms with E-state index in [1.165, 1.54) is 48.8 Å². The number of thiophene rings is 2. The highest BCUT2D eigenvalue weighted by atomic mass is 32.1. The van der Waals surface area contributed by atoms with Crippen LogP contribution in [0, 0.1) is 5.92 Å². The van der Waals surface area contributed by atoms with Crippen molar-refractivity contribution in [1.29, 1.82) is 0 Å². The number of piperidine rings is 1. The van der Waals surface area contributed by atoms with Gasteiger partial charge in [-0.25, -0.2) is 0 Å². The van der Waals surface area contributed by atoms with Gasteiger partial charge in [0.25, 0.3) is 0 Å². The second-order valence-corrected chi connectivity index (χ2v) is 9.58. The summed E-state index contributed by atoms with van der Waals surface area (Å²) in [6.07, 6.45) is 9.51. The quantitative estimate of drug-likeness (QED) is 0.332. The van der Waals surface area contributed by atoms with E-state index in [9.17, 15) is 5.21 Å². The topological polar surface area (TPSA) is 35.8 Å². The summed E-state index contributed by atoms with van der Waals surface area (Å²) in [5, 5.41) is 22.1. The van der Waals surface area contributed by atoms with Crippen LogP contribution >= 0.6 is 22.7 Å². The number of hydrogen-bond donors (Lipinski definition) is 1. The molecule has 1 saturated carbocycles. The molecule has 1 aliphatic heterocycles. The highest BCUT2D eigenvalue weighted by molar-refractivity contribution is 7.08. The van der Waals surface area contributed by atoms with Gasteiger partial charge in [0.05, 0.1) is 5.71 Å².